The quantitative estimate of drug-likeness (QED) is 0.474. The van der Waals surface area contributed by atoms with E-state index in [9.17, 15) is 9.59 Å². The fraction of sp³-hybridized carbons (Fsp3) is 0.393. The van der Waals surface area contributed by atoms with E-state index in [1.54, 1.807) is 17.3 Å². The minimum absolute atomic E-state index is 0.0214. The number of pyridine rings is 1. The van der Waals surface area contributed by atoms with Crippen LogP contribution in [0.15, 0.2) is 67.0 Å². The highest BCUT2D eigenvalue weighted by atomic mass is 16.6. The maximum atomic E-state index is 13.5. The second-order valence-corrected chi connectivity index (χ2v) is 9.81. The van der Waals surface area contributed by atoms with Gasteiger partial charge in [-0.3, -0.25) is 9.78 Å². The standard InChI is InChI=1S/C28H33N3O4/c1-28(2,3)35-27(33)31-16-15-30(19-23(31)13-17-34-20-21-8-7-14-29-18-21)26(32)25-12-6-10-22-9-4-5-11-24(22)25/h4-12,14,18,23H,13,15-17,19-20H2,1-3H3. The number of fused-ring (bicyclic) bond motifs is 1. The topological polar surface area (TPSA) is 72.0 Å². The predicted octanol–water partition coefficient (Wildman–Crippen LogP) is 4.90. The van der Waals surface area contributed by atoms with Crippen LogP contribution in [0.25, 0.3) is 10.8 Å². The van der Waals surface area contributed by atoms with Gasteiger partial charge in [0.1, 0.15) is 5.60 Å². The summed E-state index contributed by atoms with van der Waals surface area (Å²) in [5, 5.41) is 1.97. The number of aromatic nitrogens is 1. The van der Waals surface area contributed by atoms with Crippen LogP contribution in [0.5, 0.6) is 0 Å². The molecule has 2 aromatic carbocycles. The molecule has 1 aliphatic rings. The summed E-state index contributed by atoms with van der Waals surface area (Å²) < 4.78 is 11.5. The van der Waals surface area contributed by atoms with Gasteiger partial charge in [-0.1, -0.05) is 42.5 Å². The maximum absolute atomic E-state index is 13.5. The number of hydrogen-bond donors (Lipinski definition) is 0. The fourth-order valence-electron chi connectivity index (χ4n) is 4.32. The molecule has 7 heteroatoms. The monoisotopic (exact) mass is 475 g/mol. The van der Waals surface area contributed by atoms with Crippen LogP contribution in [0.3, 0.4) is 0 Å². The zero-order valence-corrected chi connectivity index (χ0v) is 20.6. The molecule has 3 aromatic rings. The van der Waals surface area contributed by atoms with Gasteiger partial charge in [0, 0.05) is 44.2 Å². The summed E-state index contributed by atoms with van der Waals surface area (Å²) >= 11 is 0. The van der Waals surface area contributed by atoms with E-state index in [0.29, 0.717) is 44.8 Å². The zero-order chi connectivity index (χ0) is 24.8. The van der Waals surface area contributed by atoms with Crippen LogP contribution in [-0.4, -0.2) is 64.7 Å². The highest BCUT2D eigenvalue weighted by molar-refractivity contribution is 6.07. The van der Waals surface area contributed by atoms with Crippen molar-refractivity contribution in [1.82, 2.24) is 14.8 Å². The smallest absolute Gasteiger partial charge is 0.410 e. The second-order valence-electron chi connectivity index (χ2n) is 9.81. The third-order valence-corrected chi connectivity index (χ3v) is 6.00. The summed E-state index contributed by atoms with van der Waals surface area (Å²) in [6.07, 6.45) is 3.75. The Labute approximate surface area is 206 Å². The van der Waals surface area contributed by atoms with Gasteiger partial charge in [0.15, 0.2) is 0 Å². The van der Waals surface area contributed by atoms with Crippen LogP contribution in [0.4, 0.5) is 4.79 Å². The van der Waals surface area contributed by atoms with Crippen molar-refractivity contribution in [1.29, 1.82) is 0 Å². The highest BCUT2D eigenvalue weighted by Crippen LogP contribution is 2.23. The van der Waals surface area contributed by atoms with Gasteiger partial charge in [-0.15, -0.1) is 0 Å². The minimum atomic E-state index is -0.589. The summed E-state index contributed by atoms with van der Waals surface area (Å²) in [5.41, 5.74) is 1.09. The van der Waals surface area contributed by atoms with Crippen molar-refractivity contribution in [2.45, 2.75) is 45.4 Å². The van der Waals surface area contributed by atoms with Crippen LogP contribution < -0.4 is 0 Å². The average molecular weight is 476 g/mol. The first-order valence-electron chi connectivity index (χ1n) is 12.0. The summed E-state index contributed by atoms with van der Waals surface area (Å²) in [4.78, 5) is 34.2. The molecular formula is C28H33N3O4. The average Bonchev–Trinajstić information content (AvgIpc) is 2.85. The van der Waals surface area contributed by atoms with Crippen LogP contribution in [0.2, 0.25) is 0 Å². The molecule has 0 N–H and O–H groups in total. The van der Waals surface area contributed by atoms with E-state index in [0.717, 1.165) is 16.3 Å². The normalized spacial score (nSPS) is 16.4. The first-order chi connectivity index (χ1) is 16.8. The Morgan fingerprint density at radius 2 is 1.83 bits per heavy atom. The summed E-state index contributed by atoms with van der Waals surface area (Å²) in [6.45, 7) is 7.77. The number of benzene rings is 2. The lowest BCUT2D eigenvalue weighted by molar-refractivity contribution is -0.00737. The third kappa shape index (κ3) is 6.36. The largest absolute Gasteiger partial charge is 0.444 e. The summed E-state index contributed by atoms with van der Waals surface area (Å²) in [6, 6.07) is 17.3. The Morgan fingerprint density at radius 1 is 1.03 bits per heavy atom. The molecule has 7 nitrogen and oxygen atoms in total. The van der Waals surface area contributed by atoms with E-state index in [-0.39, 0.29) is 18.0 Å². The number of carbonyl (C=O) groups excluding carboxylic acids is 2. The lowest BCUT2D eigenvalue weighted by Gasteiger charge is -2.41. The Balaban J connectivity index is 1.47. The molecule has 0 aliphatic carbocycles. The van der Waals surface area contributed by atoms with E-state index in [2.05, 4.69) is 4.98 Å². The molecule has 0 spiro atoms. The van der Waals surface area contributed by atoms with Crippen LogP contribution in [-0.2, 0) is 16.1 Å². The van der Waals surface area contributed by atoms with Gasteiger partial charge in [-0.05, 0) is 55.7 Å². The Bertz CT molecular complexity index is 1150. The molecule has 1 unspecified atom stereocenters. The molecule has 184 valence electrons. The maximum Gasteiger partial charge on any atom is 0.410 e. The Morgan fingerprint density at radius 3 is 2.60 bits per heavy atom. The Kier molecular flexibility index (Phi) is 7.66. The van der Waals surface area contributed by atoms with Crippen molar-refractivity contribution < 1.29 is 19.1 Å². The van der Waals surface area contributed by atoms with Crippen molar-refractivity contribution in [3.8, 4) is 0 Å². The van der Waals surface area contributed by atoms with E-state index in [1.165, 1.54) is 0 Å². The highest BCUT2D eigenvalue weighted by Gasteiger charge is 2.35. The van der Waals surface area contributed by atoms with Crippen molar-refractivity contribution in [3.63, 3.8) is 0 Å². The summed E-state index contributed by atoms with van der Waals surface area (Å²) in [7, 11) is 0. The molecule has 1 saturated heterocycles. The van der Waals surface area contributed by atoms with Gasteiger partial charge in [0.2, 0.25) is 0 Å². The van der Waals surface area contributed by atoms with Crippen molar-refractivity contribution in [2.24, 2.45) is 0 Å². The lowest BCUT2D eigenvalue weighted by Crippen LogP contribution is -2.57. The van der Waals surface area contributed by atoms with Gasteiger partial charge >= 0.3 is 6.09 Å². The van der Waals surface area contributed by atoms with Gasteiger partial charge in [-0.25, -0.2) is 4.79 Å². The number of piperazine rings is 1. The van der Waals surface area contributed by atoms with E-state index < -0.39 is 5.60 Å². The molecule has 35 heavy (non-hydrogen) atoms. The van der Waals surface area contributed by atoms with Crippen molar-refractivity contribution in [2.75, 3.05) is 26.2 Å². The van der Waals surface area contributed by atoms with E-state index >= 15 is 0 Å². The molecule has 1 atom stereocenters. The number of amides is 2. The molecule has 1 aliphatic heterocycles. The van der Waals surface area contributed by atoms with Crippen LogP contribution in [0, 0.1) is 0 Å². The van der Waals surface area contributed by atoms with Gasteiger partial charge in [0.25, 0.3) is 5.91 Å². The minimum Gasteiger partial charge on any atom is -0.444 e. The van der Waals surface area contributed by atoms with Gasteiger partial charge in [0.05, 0.1) is 12.6 Å². The molecular weight excluding hydrogens is 442 g/mol. The number of rotatable bonds is 6. The van der Waals surface area contributed by atoms with Crippen molar-refractivity contribution in [3.05, 3.63) is 78.1 Å². The molecule has 2 amide bonds. The molecule has 0 saturated carbocycles. The third-order valence-electron chi connectivity index (χ3n) is 6.00. The van der Waals surface area contributed by atoms with Gasteiger partial charge in [-0.2, -0.15) is 0 Å². The predicted molar refractivity (Wildman–Crippen MR) is 135 cm³/mol. The van der Waals surface area contributed by atoms with E-state index in [4.69, 9.17) is 9.47 Å². The molecule has 2 heterocycles. The van der Waals surface area contributed by atoms with Crippen LogP contribution >= 0.6 is 0 Å². The lowest BCUT2D eigenvalue weighted by atomic mass is 10.0. The molecule has 0 radical (unpaired) electrons. The van der Waals surface area contributed by atoms with Crippen LogP contribution in [0.1, 0.15) is 43.1 Å². The van der Waals surface area contributed by atoms with Crippen molar-refractivity contribution >= 4 is 22.8 Å². The fourth-order valence-corrected chi connectivity index (χ4v) is 4.32. The Hall–Kier alpha value is -3.45. The summed E-state index contributed by atoms with van der Waals surface area (Å²) in [5.74, 6) is -0.0214. The number of hydrogen-bond acceptors (Lipinski definition) is 5. The molecule has 1 aromatic heterocycles. The number of nitrogens with zero attached hydrogens (tertiary/aromatic N) is 3. The molecule has 0 bridgehead atoms. The SMILES string of the molecule is CC(C)(C)OC(=O)N1CCN(C(=O)c2cccc3ccccc23)CC1CCOCc1cccnc1. The molecule has 1 fully saturated rings. The zero-order valence-electron chi connectivity index (χ0n) is 20.6. The first-order valence-corrected chi connectivity index (χ1v) is 12.0. The number of carbonyl (C=O) groups is 2. The number of ether oxygens (including phenoxy) is 2. The van der Waals surface area contributed by atoms with Gasteiger partial charge < -0.3 is 19.3 Å². The molecule has 4 rings (SSSR count). The first kappa shape index (κ1) is 24.7. The van der Waals surface area contributed by atoms with E-state index in [1.807, 2.05) is 80.3 Å². The second kappa shape index (κ2) is 10.9.